The summed E-state index contributed by atoms with van der Waals surface area (Å²) in [4.78, 5) is 18.9. The molecule has 2 heterocycles. The summed E-state index contributed by atoms with van der Waals surface area (Å²) in [6, 6.07) is 0. The van der Waals surface area contributed by atoms with Crippen molar-refractivity contribution in [3.05, 3.63) is 32.1 Å². The highest BCUT2D eigenvalue weighted by Crippen LogP contribution is 2.22. The summed E-state index contributed by atoms with van der Waals surface area (Å²) in [6.07, 6.45) is 1.32. The predicted octanol–water partition coefficient (Wildman–Crippen LogP) is 1.36. The van der Waals surface area contributed by atoms with Crippen molar-refractivity contribution < 1.29 is 9.84 Å². The van der Waals surface area contributed by atoms with Crippen molar-refractivity contribution in [2.45, 2.75) is 20.4 Å². The number of H-pyrrole nitrogens is 1. The fourth-order valence-electron chi connectivity index (χ4n) is 2.16. The van der Waals surface area contributed by atoms with Crippen LogP contribution in [0.2, 0.25) is 0 Å². The van der Waals surface area contributed by atoms with Crippen LogP contribution in [-0.4, -0.2) is 44.4 Å². The molecule has 23 heavy (non-hydrogen) atoms. The number of nitrogens with one attached hydrogen (secondary N) is 1. The summed E-state index contributed by atoms with van der Waals surface area (Å²) in [7, 11) is 3.36. The van der Waals surface area contributed by atoms with Gasteiger partial charge in [0.05, 0.1) is 24.5 Å². The molecule has 0 fully saturated rings. The Balaban J connectivity index is 2.49. The predicted molar refractivity (Wildman–Crippen MR) is 89.4 cm³/mol. The van der Waals surface area contributed by atoms with E-state index in [1.54, 1.807) is 11.8 Å². The lowest BCUT2D eigenvalue weighted by Gasteiger charge is -2.10. The molecule has 0 aliphatic rings. The first-order valence-electron chi connectivity index (χ1n) is 6.96. The number of aromatic nitrogens is 4. The Kier molecular flexibility index (Phi) is 5.12. The smallest absolute Gasteiger partial charge is 0.264 e. The lowest BCUT2D eigenvalue weighted by molar-refractivity contribution is 0.182. The van der Waals surface area contributed by atoms with Gasteiger partial charge in [0.15, 0.2) is 4.77 Å². The third-order valence-electron chi connectivity index (χ3n) is 3.52. The Labute approximate surface area is 138 Å². The Morgan fingerprint density at radius 1 is 1.48 bits per heavy atom. The van der Waals surface area contributed by atoms with Gasteiger partial charge in [-0.3, -0.25) is 24.0 Å². The second kappa shape index (κ2) is 6.88. The summed E-state index contributed by atoms with van der Waals surface area (Å²) in [5.74, 6) is -0.237. The molecule has 0 bridgehead atoms. The molecule has 124 valence electrons. The van der Waals surface area contributed by atoms with Crippen molar-refractivity contribution in [2.75, 3.05) is 13.7 Å². The minimum Gasteiger partial charge on any atom is -0.494 e. The lowest BCUT2D eigenvalue weighted by atomic mass is 10.3. The van der Waals surface area contributed by atoms with Gasteiger partial charge in [0.2, 0.25) is 5.88 Å². The van der Waals surface area contributed by atoms with Gasteiger partial charge in [-0.1, -0.05) is 0 Å². The Morgan fingerprint density at radius 2 is 2.17 bits per heavy atom. The van der Waals surface area contributed by atoms with E-state index < -0.39 is 5.56 Å². The highest BCUT2D eigenvalue weighted by atomic mass is 32.1. The highest BCUT2D eigenvalue weighted by molar-refractivity contribution is 7.71. The van der Waals surface area contributed by atoms with Gasteiger partial charge in [-0.25, -0.2) is 0 Å². The van der Waals surface area contributed by atoms with Crippen molar-refractivity contribution >= 4 is 24.1 Å². The molecule has 8 nitrogen and oxygen atoms in total. The molecule has 0 aliphatic carbocycles. The van der Waals surface area contributed by atoms with E-state index in [4.69, 9.17) is 17.0 Å². The third kappa shape index (κ3) is 3.40. The molecule has 0 saturated carbocycles. The van der Waals surface area contributed by atoms with Crippen LogP contribution >= 0.6 is 12.2 Å². The molecular weight excluding hydrogens is 318 g/mol. The molecular formula is C14H19N5O3S. The van der Waals surface area contributed by atoms with E-state index in [9.17, 15) is 9.90 Å². The number of hydrogen-bond donors (Lipinski definition) is 2. The number of aliphatic imine (C=N–C) groups is 1. The fourth-order valence-corrected chi connectivity index (χ4v) is 2.43. The molecule has 0 spiro atoms. The van der Waals surface area contributed by atoms with Crippen molar-refractivity contribution in [1.29, 1.82) is 0 Å². The molecule has 2 rings (SSSR count). The third-order valence-corrected chi connectivity index (χ3v) is 3.84. The summed E-state index contributed by atoms with van der Waals surface area (Å²) in [5.41, 5.74) is 1.81. The van der Waals surface area contributed by atoms with Gasteiger partial charge in [0.25, 0.3) is 5.56 Å². The minimum absolute atomic E-state index is 0.0392. The van der Waals surface area contributed by atoms with E-state index in [0.717, 1.165) is 11.4 Å². The number of nitrogens with zero attached hydrogens (tertiary/aromatic N) is 4. The second-order valence-electron chi connectivity index (χ2n) is 5.04. The molecule has 0 saturated heterocycles. The average Bonchev–Trinajstić information content (AvgIpc) is 2.72. The van der Waals surface area contributed by atoms with E-state index in [1.165, 1.54) is 10.8 Å². The number of rotatable bonds is 5. The lowest BCUT2D eigenvalue weighted by Crippen LogP contribution is -2.20. The van der Waals surface area contributed by atoms with Crippen LogP contribution in [0.5, 0.6) is 5.88 Å². The first-order chi connectivity index (χ1) is 10.9. The van der Waals surface area contributed by atoms with E-state index in [0.29, 0.717) is 18.8 Å². The van der Waals surface area contributed by atoms with Gasteiger partial charge in [0, 0.05) is 20.4 Å². The van der Waals surface area contributed by atoms with Crippen LogP contribution in [0.15, 0.2) is 9.79 Å². The molecule has 0 amide bonds. The molecule has 0 aromatic carbocycles. The van der Waals surface area contributed by atoms with Gasteiger partial charge in [-0.15, -0.1) is 0 Å². The standard InChI is InChI=1S/C14H19N5O3S/c1-8-11(9(2)18(3)17-8)15-7-10-12(20)16-14(23)19(13(10)21)5-6-22-4/h7,21H,5-6H2,1-4H3,(H,16,20,23). The van der Waals surface area contributed by atoms with E-state index in [1.807, 2.05) is 20.9 Å². The van der Waals surface area contributed by atoms with E-state index >= 15 is 0 Å². The average molecular weight is 337 g/mol. The fraction of sp³-hybridized carbons (Fsp3) is 0.429. The number of methoxy groups -OCH3 is 1. The topological polar surface area (TPSA) is 97.4 Å². The summed E-state index contributed by atoms with van der Waals surface area (Å²) < 4.78 is 8.21. The zero-order valence-corrected chi connectivity index (χ0v) is 14.3. The van der Waals surface area contributed by atoms with Gasteiger partial charge >= 0.3 is 0 Å². The van der Waals surface area contributed by atoms with Crippen molar-refractivity contribution in [3.8, 4) is 5.88 Å². The number of aromatic hydroxyl groups is 1. The Hall–Kier alpha value is -2.26. The van der Waals surface area contributed by atoms with E-state index in [2.05, 4.69) is 15.1 Å². The molecule has 0 atom stereocenters. The van der Waals surface area contributed by atoms with Gasteiger partial charge in [0.1, 0.15) is 11.3 Å². The molecule has 0 radical (unpaired) electrons. The Morgan fingerprint density at radius 3 is 2.74 bits per heavy atom. The highest BCUT2D eigenvalue weighted by Gasteiger charge is 2.12. The zero-order chi connectivity index (χ0) is 17.1. The van der Waals surface area contributed by atoms with Crippen molar-refractivity contribution in [1.82, 2.24) is 19.3 Å². The molecule has 0 unspecified atom stereocenters. The quantitative estimate of drug-likeness (QED) is 0.634. The normalized spacial score (nSPS) is 11.5. The van der Waals surface area contributed by atoms with Crippen LogP contribution in [0.1, 0.15) is 17.0 Å². The van der Waals surface area contributed by atoms with Crippen LogP contribution in [0.4, 0.5) is 5.69 Å². The maximum atomic E-state index is 12.0. The van der Waals surface area contributed by atoms with Crippen molar-refractivity contribution in [2.24, 2.45) is 12.0 Å². The summed E-state index contributed by atoms with van der Waals surface area (Å²) in [5, 5.41) is 14.6. The van der Waals surface area contributed by atoms with Crippen LogP contribution in [0.3, 0.4) is 0 Å². The minimum atomic E-state index is -0.496. The zero-order valence-electron chi connectivity index (χ0n) is 13.5. The summed E-state index contributed by atoms with van der Waals surface area (Å²) >= 11 is 5.06. The number of aryl methyl sites for hydroxylation is 2. The monoisotopic (exact) mass is 337 g/mol. The maximum Gasteiger partial charge on any atom is 0.264 e. The first kappa shape index (κ1) is 17.1. The number of ether oxygens (including phenoxy) is 1. The molecule has 9 heteroatoms. The molecule has 2 aromatic heterocycles. The molecule has 2 aromatic rings. The maximum absolute atomic E-state index is 12.0. The SMILES string of the molecule is COCCn1c(O)c(C=Nc2c(C)nn(C)c2C)c(=O)[nH]c1=S. The van der Waals surface area contributed by atoms with Crippen LogP contribution < -0.4 is 5.56 Å². The van der Waals surface area contributed by atoms with Crippen LogP contribution in [0, 0.1) is 18.6 Å². The van der Waals surface area contributed by atoms with Gasteiger partial charge in [-0.2, -0.15) is 5.10 Å². The number of hydrogen-bond acceptors (Lipinski definition) is 6. The van der Waals surface area contributed by atoms with Gasteiger partial charge in [-0.05, 0) is 26.1 Å². The Bertz CT molecular complexity index is 863. The van der Waals surface area contributed by atoms with Crippen LogP contribution in [-0.2, 0) is 18.3 Å². The second-order valence-corrected chi connectivity index (χ2v) is 5.43. The molecule has 0 aliphatic heterocycles. The van der Waals surface area contributed by atoms with Crippen LogP contribution in [0.25, 0.3) is 0 Å². The first-order valence-corrected chi connectivity index (χ1v) is 7.37. The van der Waals surface area contributed by atoms with E-state index in [-0.39, 0.29) is 16.2 Å². The van der Waals surface area contributed by atoms with Gasteiger partial charge < -0.3 is 9.84 Å². The largest absolute Gasteiger partial charge is 0.494 e. The summed E-state index contributed by atoms with van der Waals surface area (Å²) in [6.45, 7) is 4.38. The van der Waals surface area contributed by atoms with Crippen molar-refractivity contribution in [3.63, 3.8) is 0 Å². The number of aromatic amines is 1. The molecule has 2 N–H and O–H groups in total.